The second kappa shape index (κ2) is 6.91. The van der Waals surface area contributed by atoms with Gasteiger partial charge in [-0.3, -0.25) is 14.9 Å². The van der Waals surface area contributed by atoms with Crippen molar-refractivity contribution in [1.29, 1.82) is 0 Å². The molecule has 0 spiro atoms. The summed E-state index contributed by atoms with van der Waals surface area (Å²) in [6, 6.07) is 2.63. The SMILES string of the molecule is CC(C)[C@H](N)C(=O)Nc1cc([N+](=O)[O-])ccc1O.Cl. The lowest BCUT2D eigenvalue weighted by molar-refractivity contribution is -0.384. The molecule has 1 rings (SSSR count). The summed E-state index contributed by atoms with van der Waals surface area (Å²) in [6.45, 7) is 3.55. The summed E-state index contributed by atoms with van der Waals surface area (Å²) >= 11 is 0. The molecule has 0 bridgehead atoms. The number of carbonyl (C=O) groups excluding carboxylic acids is 1. The normalized spacial score (nSPS) is 11.6. The number of non-ortho nitro benzene ring substituents is 1. The average Bonchev–Trinajstić information content (AvgIpc) is 2.30. The number of nitrogens with zero attached hydrogens (tertiary/aromatic N) is 1. The van der Waals surface area contributed by atoms with Crippen LogP contribution >= 0.6 is 12.4 Å². The topological polar surface area (TPSA) is 118 Å². The average molecular weight is 290 g/mol. The van der Waals surface area contributed by atoms with E-state index in [9.17, 15) is 20.0 Å². The molecule has 7 nitrogen and oxygen atoms in total. The van der Waals surface area contributed by atoms with Crippen LogP contribution in [-0.2, 0) is 4.79 Å². The molecule has 0 saturated carbocycles. The number of halogens is 1. The standard InChI is InChI=1S/C11H15N3O4.ClH/c1-6(2)10(12)11(16)13-8-5-7(14(17)18)3-4-9(8)15;/h3-6,10,15H,12H2,1-2H3,(H,13,16);1H/t10-;/m0./s1. The van der Waals surface area contributed by atoms with Crippen LogP contribution in [0.4, 0.5) is 11.4 Å². The Bertz CT molecular complexity index is 479. The zero-order chi connectivity index (χ0) is 13.9. The second-order valence-electron chi connectivity index (χ2n) is 4.22. The Morgan fingerprint density at radius 2 is 2.05 bits per heavy atom. The lowest BCUT2D eigenvalue weighted by atomic mass is 10.0. The monoisotopic (exact) mass is 289 g/mol. The minimum atomic E-state index is -0.747. The zero-order valence-electron chi connectivity index (χ0n) is 10.5. The number of anilines is 1. The highest BCUT2D eigenvalue weighted by Gasteiger charge is 2.19. The van der Waals surface area contributed by atoms with Gasteiger partial charge in [0.25, 0.3) is 5.69 Å². The minimum absolute atomic E-state index is 0. The van der Waals surface area contributed by atoms with Crippen LogP contribution in [-0.4, -0.2) is 22.0 Å². The minimum Gasteiger partial charge on any atom is -0.506 e. The Balaban J connectivity index is 0.00000324. The molecule has 8 heteroatoms. The van der Waals surface area contributed by atoms with E-state index in [1.165, 1.54) is 0 Å². The maximum atomic E-state index is 11.7. The van der Waals surface area contributed by atoms with Gasteiger partial charge in [0.15, 0.2) is 0 Å². The van der Waals surface area contributed by atoms with Crippen LogP contribution in [0.15, 0.2) is 18.2 Å². The molecule has 4 N–H and O–H groups in total. The number of phenols is 1. The van der Waals surface area contributed by atoms with E-state index < -0.39 is 16.9 Å². The van der Waals surface area contributed by atoms with Crippen LogP contribution in [0.2, 0.25) is 0 Å². The van der Waals surface area contributed by atoms with Gasteiger partial charge >= 0.3 is 0 Å². The van der Waals surface area contributed by atoms with Crippen LogP contribution in [0.25, 0.3) is 0 Å². The third-order valence-electron chi connectivity index (χ3n) is 2.47. The molecular weight excluding hydrogens is 274 g/mol. The van der Waals surface area contributed by atoms with Crippen LogP contribution in [0, 0.1) is 16.0 Å². The number of aromatic hydroxyl groups is 1. The predicted octanol–water partition coefficient (Wildman–Crippen LogP) is 1.64. The summed E-state index contributed by atoms with van der Waals surface area (Å²) in [5.74, 6) is -0.823. The maximum Gasteiger partial charge on any atom is 0.271 e. The van der Waals surface area contributed by atoms with E-state index in [0.29, 0.717) is 0 Å². The molecule has 0 aliphatic rings. The molecule has 0 fully saturated rings. The fourth-order valence-electron chi connectivity index (χ4n) is 1.26. The molecular formula is C11H16ClN3O4. The largest absolute Gasteiger partial charge is 0.506 e. The second-order valence-corrected chi connectivity index (χ2v) is 4.22. The van der Waals surface area contributed by atoms with Gasteiger partial charge in [0.05, 0.1) is 16.7 Å². The number of hydrogen-bond acceptors (Lipinski definition) is 5. The predicted molar refractivity (Wildman–Crippen MR) is 73.5 cm³/mol. The number of nitro groups is 1. The number of nitro benzene ring substituents is 1. The van der Waals surface area contributed by atoms with Gasteiger partial charge in [-0.05, 0) is 12.0 Å². The number of rotatable bonds is 4. The van der Waals surface area contributed by atoms with E-state index in [4.69, 9.17) is 5.73 Å². The third kappa shape index (κ3) is 4.38. The molecule has 0 unspecified atom stereocenters. The number of amides is 1. The Labute approximate surface area is 116 Å². The summed E-state index contributed by atoms with van der Waals surface area (Å²) in [7, 11) is 0. The highest BCUT2D eigenvalue weighted by molar-refractivity contribution is 5.96. The van der Waals surface area contributed by atoms with Crippen LogP contribution in [0.1, 0.15) is 13.8 Å². The molecule has 19 heavy (non-hydrogen) atoms. The fourth-order valence-corrected chi connectivity index (χ4v) is 1.26. The number of phenolic OH excluding ortho intramolecular Hbond substituents is 1. The van der Waals surface area contributed by atoms with Crippen molar-refractivity contribution in [2.45, 2.75) is 19.9 Å². The van der Waals surface area contributed by atoms with Crippen molar-refractivity contribution in [2.75, 3.05) is 5.32 Å². The van der Waals surface area contributed by atoms with Crippen LogP contribution in [0.3, 0.4) is 0 Å². The first kappa shape index (κ1) is 17.1. The van der Waals surface area contributed by atoms with Crippen molar-refractivity contribution in [3.8, 4) is 5.75 Å². The molecule has 1 aromatic rings. The van der Waals surface area contributed by atoms with Gasteiger partial charge in [-0.2, -0.15) is 0 Å². The molecule has 0 heterocycles. The summed E-state index contributed by atoms with van der Waals surface area (Å²) in [5, 5.41) is 22.5. The van der Waals surface area contributed by atoms with E-state index in [2.05, 4.69) is 5.32 Å². The molecule has 0 aliphatic carbocycles. The van der Waals surface area contributed by atoms with Crippen molar-refractivity contribution in [2.24, 2.45) is 11.7 Å². The van der Waals surface area contributed by atoms with Crippen molar-refractivity contribution in [3.63, 3.8) is 0 Å². The smallest absolute Gasteiger partial charge is 0.271 e. The lowest BCUT2D eigenvalue weighted by Gasteiger charge is -2.15. The summed E-state index contributed by atoms with van der Waals surface area (Å²) in [4.78, 5) is 21.6. The van der Waals surface area contributed by atoms with E-state index in [0.717, 1.165) is 18.2 Å². The Hall–Kier alpha value is -1.86. The van der Waals surface area contributed by atoms with E-state index in [1.54, 1.807) is 13.8 Å². The summed E-state index contributed by atoms with van der Waals surface area (Å²) in [5.41, 5.74) is 5.38. The first-order valence-electron chi connectivity index (χ1n) is 5.36. The first-order valence-corrected chi connectivity index (χ1v) is 5.36. The van der Waals surface area contributed by atoms with Gasteiger partial charge in [-0.1, -0.05) is 13.8 Å². The molecule has 0 radical (unpaired) electrons. The maximum absolute atomic E-state index is 11.7. The number of nitrogens with one attached hydrogen (secondary N) is 1. The van der Waals surface area contributed by atoms with Crippen LogP contribution in [0.5, 0.6) is 5.75 Å². The van der Waals surface area contributed by atoms with E-state index in [1.807, 2.05) is 0 Å². The van der Waals surface area contributed by atoms with Crippen molar-refractivity contribution in [3.05, 3.63) is 28.3 Å². The molecule has 0 saturated heterocycles. The third-order valence-corrected chi connectivity index (χ3v) is 2.47. The van der Waals surface area contributed by atoms with Crippen molar-refractivity contribution < 1.29 is 14.8 Å². The number of benzene rings is 1. The Morgan fingerprint density at radius 1 is 1.47 bits per heavy atom. The summed E-state index contributed by atoms with van der Waals surface area (Å²) < 4.78 is 0. The number of nitrogens with two attached hydrogens (primary N) is 1. The Kier molecular flexibility index (Phi) is 6.23. The fraction of sp³-hybridized carbons (Fsp3) is 0.364. The zero-order valence-corrected chi connectivity index (χ0v) is 11.3. The highest BCUT2D eigenvalue weighted by atomic mass is 35.5. The highest BCUT2D eigenvalue weighted by Crippen LogP contribution is 2.27. The quantitative estimate of drug-likeness (QED) is 0.442. The van der Waals surface area contributed by atoms with Gasteiger partial charge in [0, 0.05) is 12.1 Å². The molecule has 0 aliphatic heterocycles. The van der Waals surface area contributed by atoms with Gasteiger partial charge in [0.2, 0.25) is 5.91 Å². The lowest BCUT2D eigenvalue weighted by Crippen LogP contribution is -2.39. The molecule has 1 atom stereocenters. The van der Waals surface area contributed by atoms with Gasteiger partial charge in [-0.15, -0.1) is 12.4 Å². The van der Waals surface area contributed by atoms with Gasteiger partial charge in [-0.25, -0.2) is 0 Å². The molecule has 0 aromatic heterocycles. The van der Waals surface area contributed by atoms with Crippen molar-refractivity contribution in [1.82, 2.24) is 0 Å². The summed E-state index contributed by atoms with van der Waals surface area (Å²) in [6.07, 6.45) is 0. The first-order chi connectivity index (χ1) is 8.32. The molecule has 1 amide bonds. The van der Waals surface area contributed by atoms with E-state index >= 15 is 0 Å². The van der Waals surface area contributed by atoms with Gasteiger partial charge < -0.3 is 16.2 Å². The van der Waals surface area contributed by atoms with Crippen LogP contribution < -0.4 is 11.1 Å². The number of carbonyl (C=O) groups is 1. The Morgan fingerprint density at radius 3 is 2.53 bits per heavy atom. The van der Waals surface area contributed by atoms with Gasteiger partial charge in [0.1, 0.15) is 5.75 Å². The molecule has 106 valence electrons. The van der Waals surface area contributed by atoms with E-state index in [-0.39, 0.29) is 35.4 Å². The molecule has 1 aromatic carbocycles. The number of hydrogen-bond donors (Lipinski definition) is 3. The van der Waals surface area contributed by atoms with Crippen molar-refractivity contribution >= 4 is 29.7 Å².